The van der Waals surface area contributed by atoms with Gasteiger partial charge < -0.3 is 15.2 Å². The lowest BCUT2D eigenvalue weighted by molar-refractivity contribution is -0.137. The fraction of sp³-hybridized carbons (Fsp3) is 0.176. The number of benzene rings is 1. The summed E-state index contributed by atoms with van der Waals surface area (Å²) in [6.07, 6.45) is 3.40. The van der Waals surface area contributed by atoms with Crippen LogP contribution in [-0.2, 0) is 16.1 Å². The average Bonchev–Trinajstić information content (AvgIpc) is 3.16. The number of carbonyl (C=O) groups is 2. The lowest BCUT2D eigenvalue weighted by Crippen LogP contribution is -2.17. The molecule has 1 saturated heterocycles. The van der Waals surface area contributed by atoms with E-state index in [0.29, 0.717) is 20.5 Å². The van der Waals surface area contributed by atoms with Gasteiger partial charge >= 0.3 is 5.97 Å². The van der Waals surface area contributed by atoms with Crippen molar-refractivity contribution in [3.05, 3.63) is 40.9 Å². The summed E-state index contributed by atoms with van der Waals surface area (Å²) >= 11 is 6.20. The Labute approximate surface area is 159 Å². The molecule has 7 nitrogen and oxygen atoms in total. The van der Waals surface area contributed by atoms with E-state index in [-0.39, 0.29) is 18.9 Å². The largest absolute Gasteiger partial charge is 0.497 e. The van der Waals surface area contributed by atoms with Crippen LogP contribution in [0.4, 0.5) is 0 Å². The third-order valence-electron chi connectivity index (χ3n) is 3.64. The summed E-state index contributed by atoms with van der Waals surface area (Å²) in [7, 11) is 1.59. The number of aromatic nitrogens is 2. The minimum atomic E-state index is -0.900. The van der Waals surface area contributed by atoms with Crippen molar-refractivity contribution in [2.75, 3.05) is 7.11 Å². The van der Waals surface area contributed by atoms with Gasteiger partial charge in [0.1, 0.15) is 10.1 Å². The Kier molecular flexibility index (Phi) is 5.38. The maximum Gasteiger partial charge on any atom is 0.305 e. The second kappa shape index (κ2) is 7.71. The van der Waals surface area contributed by atoms with E-state index >= 15 is 0 Å². The highest BCUT2D eigenvalue weighted by atomic mass is 32.2. The molecule has 0 bridgehead atoms. The summed E-state index contributed by atoms with van der Waals surface area (Å²) in [5, 5.41) is 15.9. The molecule has 1 fully saturated rings. The number of thiocarbonyl (C=S) groups is 1. The Balaban J connectivity index is 1.99. The fourth-order valence-electron chi connectivity index (χ4n) is 2.40. The van der Waals surface area contributed by atoms with Gasteiger partial charge in [-0.05, 0) is 30.3 Å². The molecule has 1 aliphatic heterocycles. The van der Waals surface area contributed by atoms with Gasteiger partial charge in [-0.3, -0.25) is 14.3 Å². The summed E-state index contributed by atoms with van der Waals surface area (Å²) in [5.74, 6) is -0.434. The highest BCUT2D eigenvalue weighted by Gasteiger charge is 2.23. The predicted octanol–water partition coefficient (Wildman–Crippen LogP) is 2.52. The molecule has 0 saturated carbocycles. The molecule has 0 spiro atoms. The number of carboxylic acids is 1. The van der Waals surface area contributed by atoms with Gasteiger partial charge in [0.25, 0.3) is 5.91 Å². The number of methoxy groups -OCH3 is 1. The third kappa shape index (κ3) is 4.12. The number of nitrogens with one attached hydrogen (secondary N) is 1. The molecule has 1 aromatic carbocycles. The molecular formula is C17H15N3O4S2. The lowest BCUT2D eigenvalue weighted by atomic mass is 10.1. The predicted molar refractivity (Wildman–Crippen MR) is 103 cm³/mol. The van der Waals surface area contributed by atoms with Gasteiger partial charge in [-0.25, -0.2) is 0 Å². The molecule has 2 aromatic rings. The second-order valence-corrected chi connectivity index (χ2v) is 7.14. The summed E-state index contributed by atoms with van der Waals surface area (Å²) in [6.45, 7) is 0.236. The van der Waals surface area contributed by atoms with Crippen molar-refractivity contribution >= 4 is 46.3 Å². The van der Waals surface area contributed by atoms with Crippen molar-refractivity contribution in [2.24, 2.45) is 0 Å². The van der Waals surface area contributed by atoms with Crippen molar-refractivity contribution < 1.29 is 19.4 Å². The van der Waals surface area contributed by atoms with E-state index in [0.717, 1.165) is 11.3 Å². The van der Waals surface area contributed by atoms with Gasteiger partial charge in [-0.15, -0.1) is 0 Å². The molecule has 0 unspecified atom stereocenters. The van der Waals surface area contributed by atoms with Gasteiger partial charge in [0.2, 0.25) is 0 Å². The number of aryl methyl sites for hydroxylation is 1. The summed E-state index contributed by atoms with van der Waals surface area (Å²) < 4.78 is 7.14. The summed E-state index contributed by atoms with van der Waals surface area (Å²) in [5.41, 5.74) is 2.19. The summed E-state index contributed by atoms with van der Waals surface area (Å²) in [4.78, 5) is 23.2. The first kappa shape index (κ1) is 18.2. The smallest absolute Gasteiger partial charge is 0.305 e. The van der Waals surface area contributed by atoms with Crippen molar-refractivity contribution in [2.45, 2.75) is 13.0 Å². The number of aliphatic carboxylic acids is 1. The number of thioether (sulfide) groups is 1. The lowest BCUT2D eigenvalue weighted by Gasteiger charge is -2.02. The molecule has 1 aliphatic rings. The number of carbonyl (C=O) groups excluding carboxylic acids is 1. The number of amides is 1. The Morgan fingerprint density at radius 2 is 2.15 bits per heavy atom. The maximum absolute atomic E-state index is 11.9. The van der Waals surface area contributed by atoms with E-state index in [4.69, 9.17) is 22.1 Å². The highest BCUT2D eigenvalue weighted by molar-refractivity contribution is 8.26. The zero-order chi connectivity index (χ0) is 18.7. The molecule has 3 rings (SSSR count). The molecule has 2 heterocycles. The molecule has 1 aromatic heterocycles. The van der Waals surface area contributed by atoms with Crippen molar-refractivity contribution in [3.8, 4) is 17.0 Å². The zero-order valence-electron chi connectivity index (χ0n) is 13.8. The molecule has 2 N–H and O–H groups in total. The van der Waals surface area contributed by atoms with Crippen LogP contribution in [0.3, 0.4) is 0 Å². The Hall–Kier alpha value is -2.65. The second-order valence-electron chi connectivity index (χ2n) is 5.42. The van der Waals surface area contributed by atoms with Crippen LogP contribution >= 0.6 is 24.0 Å². The van der Waals surface area contributed by atoms with E-state index in [1.54, 1.807) is 24.1 Å². The Bertz CT molecular complexity index is 903. The van der Waals surface area contributed by atoms with E-state index in [1.165, 1.54) is 11.8 Å². The van der Waals surface area contributed by atoms with Gasteiger partial charge in [0.15, 0.2) is 0 Å². The monoisotopic (exact) mass is 389 g/mol. The molecule has 1 amide bonds. The molecule has 134 valence electrons. The molecule has 9 heteroatoms. The first-order valence-corrected chi connectivity index (χ1v) is 8.87. The maximum atomic E-state index is 11.9. The van der Waals surface area contributed by atoms with Crippen LogP contribution < -0.4 is 10.1 Å². The standard InChI is InChI=1S/C17H15N3O4S2/c1-24-12-4-2-10(3-5-12)15-11(8-13-16(23)18-17(25)26-13)9-20(19-15)7-6-14(21)22/h2-5,8-9H,6-7H2,1H3,(H,21,22)(H,18,23,25)/b13-8-. The van der Waals surface area contributed by atoms with Crippen LogP contribution in [0, 0.1) is 0 Å². The Morgan fingerprint density at radius 3 is 2.73 bits per heavy atom. The van der Waals surface area contributed by atoms with E-state index in [9.17, 15) is 9.59 Å². The van der Waals surface area contributed by atoms with Crippen LogP contribution in [0.2, 0.25) is 0 Å². The van der Waals surface area contributed by atoms with Gasteiger partial charge in [-0.2, -0.15) is 5.10 Å². The fourth-order valence-corrected chi connectivity index (χ4v) is 3.44. The minimum Gasteiger partial charge on any atom is -0.497 e. The molecule has 0 radical (unpaired) electrons. The number of carboxylic acid groups (broad SMARTS) is 1. The molecule has 0 aliphatic carbocycles. The van der Waals surface area contributed by atoms with Crippen LogP contribution in [-0.4, -0.2) is 38.2 Å². The van der Waals surface area contributed by atoms with Crippen LogP contribution in [0.5, 0.6) is 5.75 Å². The zero-order valence-corrected chi connectivity index (χ0v) is 15.4. The van der Waals surface area contributed by atoms with E-state index < -0.39 is 5.97 Å². The topological polar surface area (TPSA) is 93.5 Å². The molecular weight excluding hydrogens is 374 g/mol. The minimum absolute atomic E-state index is 0.0426. The van der Waals surface area contributed by atoms with Crippen molar-refractivity contribution in [3.63, 3.8) is 0 Å². The average molecular weight is 389 g/mol. The SMILES string of the molecule is COc1ccc(-c2nn(CCC(=O)O)cc2/C=C2\SC(=S)NC2=O)cc1. The van der Waals surface area contributed by atoms with Crippen molar-refractivity contribution in [1.29, 1.82) is 0 Å². The Morgan fingerprint density at radius 1 is 1.42 bits per heavy atom. The van der Waals surface area contributed by atoms with Gasteiger partial charge in [-0.1, -0.05) is 24.0 Å². The summed E-state index contributed by atoms with van der Waals surface area (Å²) in [6, 6.07) is 7.35. The normalized spacial score (nSPS) is 15.3. The van der Waals surface area contributed by atoms with Crippen LogP contribution in [0.15, 0.2) is 35.4 Å². The van der Waals surface area contributed by atoms with Crippen molar-refractivity contribution in [1.82, 2.24) is 15.1 Å². The molecule has 0 atom stereocenters. The van der Waals surface area contributed by atoms with E-state index in [1.807, 2.05) is 24.3 Å². The number of hydrogen-bond donors (Lipinski definition) is 2. The quantitative estimate of drug-likeness (QED) is 0.579. The number of hydrogen-bond acceptors (Lipinski definition) is 6. The molecule has 26 heavy (non-hydrogen) atoms. The number of rotatable bonds is 6. The first-order valence-electron chi connectivity index (χ1n) is 7.65. The number of nitrogens with zero attached hydrogens (tertiary/aromatic N) is 2. The van der Waals surface area contributed by atoms with Crippen LogP contribution in [0.1, 0.15) is 12.0 Å². The van der Waals surface area contributed by atoms with Gasteiger partial charge in [0, 0.05) is 17.3 Å². The third-order valence-corrected chi connectivity index (χ3v) is 4.80. The first-order chi connectivity index (χ1) is 12.5. The van der Waals surface area contributed by atoms with Gasteiger partial charge in [0.05, 0.1) is 30.7 Å². The highest BCUT2D eigenvalue weighted by Crippen LogP contribution is 2.30. The van der Waals surface area contributed by atoms with Crippen LogP contribution in [0.25, 0.3) is 17.3 Å². The van der Waals surface area contributed by atoms with E-state index in [2.05, 4.69) is 10.4 Å². The number of ether oxygens (including phenoxy) is 1.